The Labute approximate surface area is 136 Å². The van der Waals surface area contributed by atoms with Gasteiger partial charge in [0.15, 0.2) is 5.78 Å². The van der Waals surface area contributed by atoms with E-state index in [1.54, 1.807) is 24.3 Å². The van der Waals surface area contributed by atoms with Crippen LogP contribution in [0.5, 0.6) is 0 Å². The van der Waals surface area contributed by atoms with Crippen molar-refractivity contribution in [3.05, 3.63) is 76.7 Å². The standard InChI is InChI=1S/C18H12FNO4/c1-24-18(23)10-6-7-14(13(19)8-10)20-15-9-16(21)11-4-2-3-5-12(11)17(15)22/h2-9,20H,1H3. The molecule has 2 aromatic rings. The van der Waals surface area contributed by atoms with Gasteiger partial charge in [-0.05, 0) is 18.2 Å². The number of Topliss-reactive ketones (excluding diaryl/α,β-unsaturated/α-hetero) is 1. The maximum atomic E-state index is 14.1. The molecule has 0 bridgehead atoms. The molecule has 0 aliphatic heterocycles. The minimum atomic E-state index is -0.738. The highest BCUT2D eigenvalue weighted by molar-refractivity contribution is 6.25. The first-order valence-electron chi connectivity index (χ1n) is 7.06. The summed E-state index contributed by atoms with van der Waals surface area (Å²) in [5.41, 5.74) is 0.581. The number of hydrogen-bond acceptors (Lipinski definition) is 5. The van der Waals surface area contributed by atoms with E-state index in [0.717, 1.165) is 12.1 Å². The van der Waals surface area contributed by atoms with Gasteiger partial charge in [0.2, 0.25) is 5.78 Å². The third-order valence-electron chi connectivity index (χ3n) is 3.62. The van der Waals surface area contributed by atoms with Crippen LogP contribution in [0.1, 0.15) is 31.1 Å². The molecule has 0 unspecified atom stereocenters. The molecule has 3 rings (SSSR count). The van der Waals surface area contributed by atoms with Gasteiger partial charge < -0.3 is 10.1 Å². The number of ether oxygens (including phenoxy) is 1. The molecule has 0 spiro atoms. The lowest BCUT2D eigenvalue weighted by molar-refractivity contribution is 0.0600. The number of rotatable bonds is 3. The molecule has 0 saturated heterocycles. The summed E-state index contributed by atoms with van der Waals surface area (Å²) in [6.45, 7) is 0. The van der Waals surface area contributed by atoms with E-state index >= 15 is 0 Å². The number of benzene rings is 2. The van der Waals surface area contributed by atoms with Gasteiger partial charge in [0.1, 0.15) is 5.82 Å². The van der Waals surface area contributed by atoms with Gasteiger partial charge in [0.25, 0.3) is 0 Å². The van der Waals surface area contributed by atoms with Crippen LogP contribution in [-0.2, 0) is 4.74 Å². The highest BCUT2D eigenvalue weighted by atomic mass is 19.1. The molecule has 0 fully saturated rings. The molecule has 1 aliphatic rings. The third-order valence-corrected chi connectivity index (χ3v) is 3.62. The van der Waals surface area contributed by atoms with Crippen LogP contribution >= 0.6 is 0 Å². The van der Waals surface area contributed by atoms with Crippen molar-refractivity contribution in [2.45, 2.75) is 0 Å². The van der Waals surface area contributed by atoms with E-state index in [2.05, 4.69) is 10.1 Å². The molecule has 24 heavy (non-hydrogen) atoms. The lowest BCUT2D eigenvalue weighted by atomic mass is 9.92. The highest BCUT2D eigenvalue weighted by Gasteiger charge is 2.25. The molecule has 0 aromatic heterocycles. The fraction of sp³-hybridized carbons (Fsp3) is 0.0556. The summed E-state index contributed by atoms with van der Waals surface area (Å²) >= 11 is 0. The number of allylic oxidation sites excluding steroid dienone is 2. The molecule has 0 radical (unpaired) electrons. The van der Waals surface area contributed by atoms with Gasteiger partial charge in [-0.1, -0.05) is 24.3 Å². The van der Waals surface area contributed by atoms with Gasteiger partial charge in [-0.2, -0.15) is 0 Å². The molecule has 1 N–H and O–H groups in total. The molecule has 120 valence electrons. The Balaban J connectivity index is 1.91. The van der Waals surface area contributed by atoms with Gasteiger partial charge in [-0.25, -0.2) is 9.18 Å². The van der Waals surface area contributed by atoms with Crippen LogP contribution in [0.3, 0.4) is 0 Å². The van der Waals surface area contributed by atoms with Gasteiger partial charge in [0.05, 0.1) is 24.1 Å². The van der Waals surface area contributed by atoms with Crippen LogP contribution in [0.4, 0.5) is 10.1 Å². The van der Waals surface area contributed by atoms with Crippen molar-refractivity contribution in [2.24, 2.45) is 0 Å². The maximum absolute atomic E-state index is 14.1. The number of hydrogen-bond donors (Lipinski definition) is 1. The number of fused-ring (bicyclic) bond motifs is 1. The minimum absolute atomic E-state index is 0.0190. The van der Waals surface area contributed by atoms with Gasteiger partial charge in [0, 0.05) is 17.2 Å². The third kappa shape index (κ3) is 2.69. The Hall–Kier alpha value is -3.28. The van der Waals surface area contributed by atoms with Crippen LogP contribution in [0.15, 0.2) is 54.2 Å². The zero-order valence-corrected chi connectivity index (χ0v) is 12.6. The zero-order valence-electron chi connectivity index (χ0n) is 12.6. The second-order valence-electron chi connectivity index (χ2n) is 5.11. The molecule has 0 heterocycles. The normalized spacial score (nSPS) is 13.2. The van der Waals surface area contributed by atoms with Gasteiger partial charge >= 0.3 is 5.97 Å². The Morgan fingerprint density at radius 2 is 1.79 bits per heavy atom. The molecule has 2 aromatic carbocycles. The second kappa shape index (κ2) is 6.08. The highest BCUT2D eigenvalue weighted by Crippen LogP contribution is 2.24. The summed E-state index contributed by atoms with van der Waals surface area (Å²) in [4.78, 5) is 35.9. The summed E-state index contributed by atoms with van der Waals surface area (Å²) in [5.74, 6) is -2.14. The summed E-state index contributed by atoms with van der Waals surface area (Å²) in [6.07, 6.45) is 1.14. The Morgan fingerprint density at radius 3 is 2.46 bits per heavy atom. The van der Waals surface area contributed by atoms with Crippen molar-refractivity contribution >= 4 is 23.2 Å². The minimum Gasteiger partial charge on any atom is -0.465 e. The van der Waals surface area contributed by atoms with E-state index in [0.29, 0.717) is 5.56 Å². The number of methoxy groups -OCH3 is 1. The average molecular weight is 325 g/mol. The van der Waals surface area contributed by atoms with E-state index in [-0.39, 0.29) is 28.3 Å². The van der Waals surface area contributed by atoms with Crippen molar-refractivity contribution < 1.29 is 23.5 Å². The molecule has 5 nitrogen and oxygen atoms in total. The first-order valence-corrected chi connectivity index (χ1v) is 7.06. The molecular weight excluding hydrogens is 313 g/mol. The molecule has 0 amide bonds. The summed E-state index contributed by atoms with van der Waals surface area (Å²) < 4.78 is 18.6. The van der Waals surface area contributed by atoms with Crippen LogP contribution in [0.2, 0.25) is 0 Å². The van der Waals surface area contributed by atoms with E-state index in [9.17, 15) is 18.8 Å². The van der Waals surface area contributed by atoms with Crippen molar-refractivity contribution in [1.82, 2.24) is 0 Å². The molecule has 6 heteroatoms. The number of carbonyl (C=O) groups excluding carboxylic acids is 3. The second-order valence-corrected chi connectivity index (χ2v) is 5.11. The monoisotopic (exact) mass is 325 g/mol. The van der Waals surface area contributed by atoms with Crippen molar-refractivity contribution in [1.29, 1.82) is 0 Å². The van der Waals surface area contributed by atoms with Gasteiger partial charge in [-0.3, -0.25) is 9.59 Å². The lowest BCUT2D eigenvalue weighted by Crippen LogP contribution is -2.21. The zero-order chi connectivity index (χ0) is 17.3. The number of anilines is 1. The Morgan fingerprint density at radius 1 is 1.08 bits per heavy atom. The van der Waals surface area contributed by atoms with Gasteiger partial charge in [-0.15, -0.1) is 0 Å². The van der Waals surface area contributed by atoms with E-state index in [4.69, 9.17) is 0 Å². The molecule has 0 atom stereocenters. The number of esters is 1. The topological polar surface area (TPSA) is 72.5 Å². The molecule has 1 aliphatic carbocycles. The average Bonchev–Trinajstić information content (AvgIpc) is 2.60. The fourth-order valence-electron chi connectivity index (χ4n) is 2.41. The first-order chi connectivity index (χ1) is 11.5. The summed E-state index contributed by atoms with van der Waals surface area (Å²) in [7, 11) is 1.20. The van der Waals surface area contributed by atoms with E-state index in [1.165, 1.54) is 19.2 Å². The van der Waals surface area contributed by atoms with E-state index in [1.807, 2.05) is 0 Å². The predicted molar refractivity (Wildman–Crippen MR) is 84.5 cm³/mol. The molecule has 0 saturated carbocycles. The smallest absolute Gasteiger partial charge is 0.337 e. The van der Waals surface area contributed by atoms with Crippen LogP contribution < -0.4 is 5.32 Å². The largest absolute Gasteiger partial charge is 0.465 e. The van der Waals surface area contributed by atoms with E-state index < -0.39 is 17.6 Å². The van der Waals surface area contributed by atoms with Crippen LogP contribution in [-0.4, -0.2) is 24.6 Å². The number of ketones is 2. The number of carbonyl (C=O) groups is 3. The number of nitrogens with one attached hydrogen (secondary N) is 1. The predicted octanol–water partition coefficient (Wildman–Crippen LogP) is 2.99. The Kier molecular flexibility index (Phi) is 3.95. The Bertz CT molecular complexity index is 902. The number of halogens is 1. The quantitative estimate of drug-likeness (QED) is 0.878. The lowest BCUT2D eigenvalue weighted by Gasteiger charge is -2.17. The van der Waals surface area contributed by atoms with Crippen LogP contribution in [0, 0.1) is 5.82 Å². The van der Waals surface area contributed by atoms with Crippen LogP contribution in [0.25, 0.3) is 0 Å². The SMILES string of the molecule is COC(=O)c1ccc(NC2=CC(=O)c3ccccc3C2=O)c(F)c1. The van der Waals surface area contributed by atoms with Crippen molar-refractivity contribution in [2.75, 3.05) is 12.4 Å². The van der Waals surface area contributed by atoms with Crippen molar-refractivity contribution in [3.8, 4) is 0 Å². The maximum Gasteiger partial charge on any atom is 0.337 e. The summed E-state index contributed by atoms with van der Waals surface area (Å²) in [6, 6.07) is 10.1. The summed E-state index contributed by atoms with van der Waals surface area (Å²) in [5, 5.41) is 2.62. The van der Waals surface area contributed by atoms with Crippen molar-refractivity contribution in [3.63, 3.8) is 0 Å². The first kappa shape index (κ1) is 15.6. The fourth-order valence-corrected chi connectivity index (χ4v) is 2.41. The molecular formula is C18H12FNO4.